The van der Waals surface area contributed by atoms with Crippen molar-refractivity contribution in [2.45, 2.75) is 20.0 Å². The summed E-state index contributed by atoms with van der Waals surface area (Å²) in [5.74, 6) is 1.15. The topological polar surface area (TPSA) is 292 Å². The van der Waals surface area contributed by atoms with Crippen molar-refractivity contribution in [2.75, 3.05) is 16.9 Å². The van der Waals surface area contributed by atoms with Crippen molar-refractivity contribution in [3.8, 4) is 22.9 Å². The van der Waals surface area contributed by atoms with Crippen LogP contribution in [0.15, 0.2) is 76.1 Å². The van der Waals surface area contributed by atoms with Crippen molar-refractivity contribution in [1.29, 1.82) is 0 Å². The Hall–Kier alpha value is -7.42. The van der Waals surface area contributed by atoms with E-state index in [0.29, 0.717) is 74.6 Å². The van der Waals surface area contributed by atoms with Crippen LogP contribution >= 0.6 is 0 Å². The molecule has 0 saturated heterocycles. The molecule has 0 atom stereocenters. The zero-order valence-electron chi connectivity index (χ0n) is 25.8. The quantitative estimate of drug-likeness (QED) is 0.133. The van der Waals surface area contributed by atoms with E-state index in [1.165, 1.54) is 23.1 Å². The van der Waals surface area contributed by atoms with Crippen molar-refractivity contribution < 1.29 is 19.0 Å². The largest absolute Gasteiger partial charge is 0.463 e. The summed E-state index contributed by atoms with van der Waals surface area (Å²) in [5.41, 5.74) is 18.5. The Labute approximate surface area is 278 Å². The monoisotopic (exact) mass is 676 g/mol. The van der Waals surface area contributed by atoms with Crippen molar-refractivity contribution in [3.63, 3.8) is 0 Å². The van der Waals surface area contributed by atoms with Gasteiger partial charge in [0.25, 0.3) is 5.69 Å². The summed E-state index contributed by atoms with van der Waals surface area (Å²) in [7, 11) is 0. The van der Waals surface area contributed by atoms with Crippen LogP contribution in [0.3, 0.4) is 0 Å². The number of pyridine rings is 2. The lowest BCUT2D eigenvalue weighted by molar-refractivity contribution is -0.385. The maximum Gasteiger partial charge on any atom is 0.273 e. The number of hydrogen-bond donors (Lipinski definition) is 4. The molecule has 250 valence electrons. The van der Waals surface area contributed by atoms with Gasteiger partial charge in [0.1, 0.15) is 11.4 Å². The molecule has 0 saturated carbocycles. The molecule has 8 heterocycles. The first-order valence-electron chi connectivity index (χ1n) is 14.5. The predicted octanol–water partition coefficient (Wildman–Crippen LogP) is 3.03. The van der Waals surface area contributed by atoms with E-state index >= 15 is 0 Å². The minimum absolute atomic E-state index is 0.0376. The average Bonchev–Trinajstić information content (AvgIpc) is 3.94. The number of aromatic nitrogens is 12. The van der Waals surface area contributed by atoms with Gasteiger partial charge in [0.15, 0.2) is 33.8 Å². The van der Waals surface area contributed by atoms with Gasteiger partial charge in [-0.1, -0.05) is 10.4 Å². The van der Waals surface area contributed by atoms with Gasteiger partial charge >= 0.3 is 0 Å². The Kier molecular flexibility index (Phi) is 8.11. The lowest BCUT2D eigenvalue weighted by Crippen LogP contribution is -2.07. The van der Waals surface area contributed by atoms with Gasteiger partial charge in [-0.3, -0.25) is 30.8 Å². The molecule has 0 aliphatic rings. The number of nitrogens with one attached hydrogen (secondary N) is 1. The maximum atomic E-state index is 11.0. The number of hydrogen-bond acceptors (Lipinski definition) is 18. The molecule has 21 heteroatoms. The Morgan fingerprint density at radius 2 is 1.40 bits per heavy atom. The molecule has 0 aliphatic carbocycles. The van der Waals surface area contributed by atoms with E-state index < -0.39 is 4.92 Å². The van der Waals surface area contributed by atoms with Gasteiger partial charge in [0.05, 0.1) is 47.6 Å². The van der Waals surface area contributed by atoms with Crippen LogP contribution in [0.1, 0.15) is 17.1 Å². The zero-order valence-corrected chi connectivity index (χ0v) is 25.8. The minimum atomic E-state index is -0.465. The normalized spacial score (nSPS) is 11.1. The molecule has 8 rings (SSSR count). The Morgan fingerprint density at radius 3 is 1.92 bits per heavy atom. The maximum absolute atomic E-state index is 11.0. The molecule has 0 unspecified atom stereocenters. The van der Waals surface area contributed by atoms with Crippen LogP contribution in [0.4, 0.5) is 23.3 Å². The van der Waals surface area contributed by atoms with Crippen LogP contribution in [0.5, 0.6) is 0 Å². The SMILES string of the molecule is Cc1cc([N+](=O)[O-])cc(Cn2nnc3c(-c4ccco4)nc(N)nc32)n1.Nc1nc(-c2ccco2)c2nnn(Cc3cc(NO)ccn3)c2n1. The number of nitrogens with two attached hydrogens (primary N) is 2. The molecule has 8 aromatic rings. The van der Waals surface area contributed by atoms with E-state index in [9.17, 15) is 10.1 Å². The highest BCUT2D eigenvalue weighted by Crippen LogP contribution is 2.27. The van der Waals surface area contributed by atoms with Crippen molar-refractivity contribution in [3.05, 3.63) is 94.5 Å². The second-order valence-corrected chi connectivity index (χ2v) is 10.5. The fourth-order valence-electron chi connectivity index (χ4n) is 4.97. The number of furan rings is 2. The van der Waals surface area contributed by atoms with Gasteiger partial charge in [0, 0.05) is 24.0 Å². The molecule has 21 nitrogen and oxygen atoms in total. The number of nitro groups is 1. The number of aryl methyl sites for hydroxylation is 1. The molecule has 0 fully saturated rings. The molecular weight excluding hydrogens is 652 g/mol. The number of nitrogens with zero attached hydrogens (tertiary/aromatic N) is 13. The van der Waals surface area contributed by atoms with E-state index in [4.69, 9.17) is 25.5 Å². The highest BCUT2D eigenvalue weighted by molar-refractivity contribution is 5.86. The van der Waals surface area contributed by atoms with E-state index in [0.717, 1.165) is 0 Å². The third-order valence-electron chi connectivity index (χ3n) is 7.04. The molecule has 0 bridgehead atoms. The molecule has 50 heavy (non-hydrogen) atoms. The van der Waals surface area contributed by atoms with Crippen molar-refractivity contribution >= 4 is 45.6 Å². The first-order chi connectivity index (χ1) is 24.2. The third-order valence-corrected chi connectivity index (χ3v) is 7.04. The molecule has 0 radical (unpaired) electrons. The first kappa shape index (κ1) is 31.2. The second kappa shape index (κ2) is 13.0. The Balaban J connectivity index is 0.000000157. The van der Waals surface area contributed by atoms with Crippen molar-refractivity contribution in [1.82, 2.24) is 59.9 Å². The fourth-order valence-corrected chi connectivity index (χ4v) is 4.97. The summed E-state index contributed by atoms with van der Waals surface area (Å²) in [6.07, 6.45) is 4.63. The van der Waals surface area contributed by atoms with Gasteiger partial charge in [0.2, 0.25) is 11.9 Å². The zero-order chi connectivity index (χ0) is 34.8. The smallest absolute Gasteiger partial charge is 0.273 e. The number of fused-ring (bicyclic) bond motifs is 2. The molecule has 0 aliphatic heterocycles. The van der Waals surface area contributed by atoms with Gasteiger partial charge in [-0.05, 0) is 43.3 Å². The van der Waals surface area contributed by atoms with Crippen LogP contribution in [0.25, 0.3) is 45.2 Å². The number of nitrogen functional groups attached to an aromatic ring is 2. The first-order valence-corrected chi connectivity index (χ1v) is 14.5. The predicted molar refractivity (Wildman–Crippen MR) is 174 cm³/mol. The van der Waals surface area contributed by atoms with E-state index in [1.807, 2.05) is 0 Å². The van der Waals surface area contributed by atoms with Crippen LogP contribution in [-0.4, -0.2) is 70.0 Å². The lowest BCUT2D eigenvalue weighted by atomic mass is 10.2. The van der Waals surface area contributed by atoms with Gasteiger partial charge in [-0.2, -0.15) is 9.97 Å². The summed E-state index contributed by atoms with van der Waals surface area (Å²) in [4.78, 5) is 35.9. The van der Waals surface area contributed by atoms with Gasteiger partial charge in [-0.25, -0.2) is 19.3 Å². The Morgan fingerprint density at radius 1 is 0.820 bits per heavy atom. The molecule has 0 spiro atoms. The molecule has 6 N–H and O–H groups in total. The number of rotatable bonds is 8. The second-order valence-electron chi connectivity index (χ2n) is 10.5. The van der Waals surface area contributed by atoms with Gasteiger partial charge in [-0.15, -0.1) is 10.2 Å². The summed E-state index contributed by atoms with van der Waals surface area (Å²) in [5, 5.41) is 36.4. The van der Waals surface area contributed by atoms with Crippen LogP contribution < -0.4 is 16.9 Å². The van der Waals surface area contributed by atoms with Crippen LogP contribution in [0.2, 0.25) is 0 Å². The highest BCUT2D eigenvalue weighted by atomic mass is 16.6. The van der Waals surface area contributed by atoms with Crippen molar-refractivity contribution in [2.24, 2.45) is 0 Å². The lowest BCUT2D eigenvalue weighted by Gasteiger charge is -2.04. The molecule has 0 aromatic carbocycles. The van der Waals surface area contributed by atoms with Gasteiger partial charge < -0.3 is 20.3 Å². The van der Waals surface area contributed by atoms with E-state index in [-0.39, 0.29) is 24.1 Å². The molecule has 0 amide bonds. The molecule has 8 aromatic heterocycles. The third kappa shape index (κ3) is 6.28. The fraction of sp³-hybridized carbons (Fsp3) is 0.103. The minimum Gasteiger partial charge on any atom is -0.463 e. The summed E-state index contributed by atoms with van der Waals surface area (Å²) in [6.45, 7) is 2.14. The summed E-state index contributed by atoms with van der Waals surface area (Å²) in [6, 6.07) is 13.1. The van der Waals surface area contributed by atoms with Crippen LogP contribution in [-0.2, 0) is 13.1 Å². The Bertz CT molecular complexity index is 2460. The summed E-state index contributed by atoms with van der Waals surface area (Å²) >= 11 is 0. The highest BCUT2D eigenvalue weighted by Gasteiger charge is 2.19. The molecular formula is C29H24N16O5. The standard InChI is InChI=1S/C15H12N8O3.C14H12N8O2/c1-8-5-10(23(24)25)6-9(17-8)7-22-14-13(20-21-22)12(18-15(16)19-14)11-3-2-4-26-11;15-14-17-11(10-2-1-5-24-10)12-13(18-14)22(21-19-12)7-9-6-8(20-23)3-4-16-9/h2-6H,7H2,1H3,(H2,16,18,19);1-6,23H,7H2,(H,16,20)(H2,15,17,18). The van der Waals surface area contributed by atoms with E-state index in [2.05, 4.69) is 56.0 Å². The summed E-state index contributed by atoms with van der Waals surface area (Å²) < 4.78 is 13.7. The van der Waals surface area contributed by atoms with Crippen LogP contribution in [0, 0.1) is 17.0 Å². The average molecular weight is 677 g/mol. The van der Waals surface area contributed by atoms with E-state index in [1.54, 1.807) is 60.5 Å². The number of anilines is 3.